The number of fused-ring (bicyclic) bond motifs is 1. The van der Waals surface area contributed by atoms with Crippen LogP contribution in [0, 0.1) is 5.92 Å². The lowest BCUT2D eigenvalue weighted by molar-refractivity contribution is -0.137. The molecule has 1 aromatic heterocycles. The van der Waals surface area contributed by atoms with Gasteiger partial charge in [-0.3, -0.25) is 4.79 Å². The molecule has 4 aromatic rings. The van der Waals surface area contributed by atoms with Gasteiger partial charge in [-0.2, -0.15) is 13.2 Å². The second-order valence-corrected chi connectivity index (χ2v) is 9.69. The molecule has 3 aromatic carbocycles. The van der Waals surface area contributed by atoms with Crippen LogP contribution < -0.4 is 0 Å². The van der Waals surface area contributed by atoms with Gasteiger partial charge < -0.3 is 9.30 Å². The second kappa shape index (κ2) is 11.4. The monoisotopic (exact) mass is 541 g/mol. The summed E-state index contributed by atoms with van der Waals surface area (Å²) in [6.45, 7) is 2.25. The number of methoxy groups -OCH3 is 1. The van der Waals surface area contributed by atoms with Gasteiger partial charge in [0.1, 0.15) is 0 Å². The predicted octanol–water partition coefficient (Wildman–Crippen LogP) is 7.99. The predicted molar refractivity (Wildman–Crippen MR) is 142 cm³/mol. The summed E-state index contributed by atoms with van der Waals surface area (Å²) in [5.41, 5.74) is 2.52. The Morgan fingerprint density at radius 3 is 2.21 bits per heavy atom. The van der Waals surface area contributed by atoms with Crippen molar-refractivity contribution in [1.29, 1.82) is 0 Å². The summed E-state index contributed by atoms with van der Waals surface area (Å²) in [5.74, 6) is -0.803. The van der Waals surface area contributed by atoms with E-state index in [9.17, 15) is 22.8 Å². The highest BCUT2D eigenvalue weighted by Gasteiger charge is 2.30. The summed E-state index contributed by atoms with van der Waals surface area (Å²) in [6.07, 6.45) is -2.49. The number of nitrogens with zero attached hydrogens (tertiary/aromatic N) is 1. The number of carbonyl (C=O) groups excluding carboxylic acids is 2. The minimum Gasteiger partial charge on any atom is -0.465 e. The number of hydrogen-bond acceptors (Lipinski definition) is 3. The standard InChI is InChI=1S/C30H27ClF3NO3/c1-3-4-22(15-19-5-9-21(10-6-19)29(37)38-2)28(36)27-17-23-16-25(31)13-14-26(23)35(27)18-20-7-11-24(12-8-20)30(32,33)34/h5-14,16-17,22H,3-4,15,18H2,1-2H3. The molecular formula is C30H27ClF3NO3. The van der Waals surface area contributed by atoms with Gasteiger partial charge in [-0.25, -0.2) is 4.79 Å². The maximum Gasteiger partial charge on any atom is 0.416 e. The van der Waals surface area contributed by atoms with E-state index in [0.717, 1.165) is 35.0 Å². The largest absolute Gasteiger partial charge is 0.465 e. The van der Waals surface area contributed by atoms with Crippen LogP contribution in [-0.2, 0) is 23.9 Å². The zero-order valence-corrected chi connectivity index (χ0v) is 21.8. The van der Waals surface area contributed by atoms with Crippen LogP contribution in [0.25, 0.3) is 10.9 Å². The molecule has 1 atom stereocenters. The van der Waals surface area contributed by atoms with Gasteiger partial charge in [-0.05, 0) is 72.5 Å². The molecule has 1 unspecified atom stereocenters. The number of esters is 1. The Morgan fingerprint density at radius 2 is 1.61 bits per heavy atom. The molecule has 0 spiro atoms. The molecule has 0 N–H and O–H groups in total. The molecule has 8 heteroatoms. The van der Waals surface area contributed by atoms with Gasteiger partial charge in [0.25, 0.3) is 0 Å². The fourth-order valence-electron chi connectivity index (χ4n) is 4.66. The van der Waals surface area contributed by atoms with E-state index in [1.165, 1.54) is 19.2 Å². The summed E-state index contributed by atoms with van der Waals surface area (Å²) in [6, 6.07) is 19.1. The van der Waals surface area contributed by atoms with Crippen molar-refractivity contribution in [2.24, 2.45) is 5.92 Å². The number of ketones is 1. The first kappa shape index (κ1) is 27.5. The molecular weight excluding hydrogens is 515 g/mol. The summed E-state index contributed by atoms with van der Waals surface area (Å²) < 4.78 is 45.7. The molecule has 4 nitrogen and oxygen atoms in total. The third-order valence-electron chi connectivity index (χ3n) is 6.60. The van der Waals surface area contributed by atoms with Gasteiger partial charge in [0.05, 0.1) is 23.9 Å². The molecule has 4 rings (SSSR count). The molecule has 0 radical (unpaired) electrons. The number of rotatable bonds is 9. The Hall–Kier alpha value is -3.58. The highest BCUT2D eigenvalue weighted by atomic mass is 35.5. The van der Waals surface area contributed by atoms with E-state index in [-0.39, 0.29) is 18.2 Å². The van der Waals surface area contributed by atoms with Gasteiger partial charge >= 0.3 is 12.1 Å². The first-order chi connectivity index (χ1) is 18.1. The minimum absolute atomic E-state index is 0.0527. The Bertz CT molecular complexity index is 1440. The van der Waals surface area contributed by atoms with E-state index in [1.54, 1.807) is 30.3 Å². The molecule has 0 saturated carbocycles. The summed E-state index contributed by atoms with van der Waals surface area (Å²) in [7, 11) is 1.32. The lowest BCUT2D eigenvalue weighted by Gasteiger charge is -2.18. The quantitative estimate of drug-likeness (QED) is 0.159. The van der Waals surface area contributed by atoms with Crippen LogP contribution >= 0.6 is 11.6 Å². The summed E-state index contributed by atoms with van der Waals surface area (Å²) in [5, 5.41) is 1.31. The van der Waals surface area contributed by atoms with Gasteiger partial charge in [-0.15, -0.1) is 0 Å². The number of benzene rings is 3. The summed E-state index contributed by atoms with van der Waals surface area (Å²) in [4.78, 5) is 25.7. The van der Waals surface area contributed by atoms with Gasteiger partial charge in [0.2, 0.25) is 0 Å². The molecule has 0 fully saturated rings. The topological polar surface area (TPSA) is 48.3 Å². The first-order valence-corrected chi connectivity index (χ1v) is 12.6. The molecule has 0 aliphatic rings. The van der Waals surface area contributed by atoms with Crippen LogP contribution in [0.15, 0.2) is 72.8 Å². The third kappa shape index (κ3) is 6.10. The van der Waals surface area contributed by atoms with E-state index >= 15 is 0 Å². The lowest BCUT2D eigenvalue weighted by Crippen LogP contribution is -2.21. The number of carbonyl (C=O) groups is 2. The molecule has 0 saturated heterocycles. The maximum atomic E-state index is 13.9. The zero-order chi connectivity index (χ0) is 27.4. The number of halogens is 4. The van der Waals surface area contributed by atoms with Crippen molar-refractivity contribution in [3.05, 3.63) is 106 Å². The van der Waals surface area contributed by atoms with E-state index < -0.39 is 17.7 Å². The van der Waals surface area contributed by atoms with Crippen LogP contribution in [0.5, 0.6) is 0 Å². The van der Waals surface area contributed by atoms with Crippen molar-refractivity contribution in [3.63, 3.8) is 0 Å². The molecule has 0 aliphatic carbocycles. The molecule has 0 amide bonds. The number of hydrogen-bond donors (Lipinski definition) is 0. The Morgan fingerprint density at radius 1 is 0.947 bits per heavy atom. The van der Waals surface area contributed by atoms with Crippen LogP contribution in [-0.4, -0.2) is 23.4 Å². The average molecular weight is 542 g/mol. The third-order valence-corrected chi connectivity index (χ3v) is 6.84. The van der Waals surface area contributed by atoms with Crippen molar-refractivity contribution in [2.45, 2.75) is 38.9 Å². The van der Waals surface area contributed by atoms with Crippen LogP contribution in [0.2, 0.25) is 5.02 Å². The number of Topliss-reactive ketones (excluding diaryl/α,β-unsaturated/α-hetero) is 1. The van der Waals surface area contributed by atoms with Crippen LogP contribution in [0.4, 0.5) is 13.2 Å². The second-order valence-electron chi connectivity index (χ2n) is 9.26. The van der Waals surface area contributed by atoms with Gasteiger partial charge in [0, 0.05) is 28.4 Å². The number of ether oxygens (including phenoxy) is 1. The van der Waals surface area contributed by atoms with Gasteiger partial charge in [-0.1, -0.05) is 49.2 Å². The van der Waals surface area contributed by atoms with Crippen molar-refractivity contribution < 1.29 is 27.5 Å². The molecule has 0 aliphatic heterocycles. The minimum atomic E-state index is -4.42. The highest BCUT2D eigenvalue weighted by Crippen LogP contribution is 2.31. The van der Waals surface area contributed by atoms with Crippen molar-refractivity contribution in [1.82, 2.24) is 4.57 Å². The fourth-order valence-corrected chi connectivity index (χ4v) is 4.84. The SMILES string of the molecule is CCCC(Cc1ccc(C(=O)OC)cc1)C(=O)c1cc2cc(Cl)ccc2n1Cc1ccc(C(F)(F)F)cc1. The Balaban J connectivity index is 1.68. The fraction of sp³-hybridized carbons (Fsp3) is 0.267. The number of alkyl halides is 3. The lowest BCUT2D eigenvalue weighted by atomic mass is 9.89. The van der Waals surface area contributed by atoms with Crippen molar-refractivity contribution in [2.75, 3.05) is 7.11 Å². The molecule has 0 bridgehead atoms. The normalized spacial score (nSPS) is 12.5. The van der Waals surface area contributed by atoms with E-state index in [4.69, 9.17) is 16.3 Å². The Kier molecular flexibility index (Phi) is 8.26. The van der Waals surface area contributed by atoms with Crippen LogP contribution in [0.3, 0.4) is 0 Å². The van der Waals surface area contributed by atoms with Crippen LogP contribution in [0.1, 0.15) is 57.3 Å². The van der Waals surface area contributed by atoms with Crippen molar-refractivity contribution in [3.8, 4) is 0 Å². The summed E-state index contributed by atoms with van der Waals surface area (Å²) >= 11 is 6.21. The molecule has 38 heavy (non-hydrogen) atoms. The van der Waals surface area contributed by atoms with Crippen molar-refractivity contribution >= 4 is 34.3 Å². The first-order valence-electron chi connectivity index (χ1n) is 12.3. The maximum absolute atomic E-state index is 13.9. The average Bonchev–Trinajstić information content (AvgIpc) is 3.24. The van der Waals surface area contributed by atoms with E-state index in [1.807, 2.05) is 29.7 Å². The van der Waals surface area contributed by atoms with E-state index in [0.29, 0.717) is 34.7 Å². The van der Waals surface area contributed by atoms with E-state index in [2.05, 4.69) is 0 Å². The zero-order valence-electron chi connectivity index (χ0n) is 21.0. The highest BCUT2D eigenvalue weighted by molar-refractivity contribution is 6.31. The van der Waals surface area contributed by atoms with Gasteiger partial charge in [0.15, 0.2) is 5.78 Å². The number of aromatic nitrogens is 1. The molecule has 198 valence electrons. The Labute approximate surface area is 224 Å². The molecule has 1 heterocycles. The smallest absolute Gasteiger partial charge is 0.416 e.